The van der Waals surface area contributed by atoms with Crippen molar-refractivity contribution in [1.29, 1.82) is 0 Å². The van der Waals surface area contributed by atoms with Crippen LogP contribution in [0.25, 0.3) is 0 Å². The third-order valence-corrected chi connectivity index (χ3v) is 3.80. The van der Waals surface area contributed by atoms with Crippen molar-refractivity contribution in [2.45, 2.75) is 13.3 Å². The van der Waals surface area contributed by atoms with Crippen LogP contribution in [0.5, 0.6) is 17.2 Å². The van der Waals surface area contributed by atoms with Gasteiger partial charge in [-0.05, 0) is 54.4 Å². The maximum atomic E-state index is 12.1. The lowest BCUT2D eigenvalue weighted by Crippen LogP contribution is -2.34. The second-order valence-corrected chi connectivity index (χ2v) is 5.96. The molecule has 0 bridgehead atoms. The summed E-state index contributed by atoms with van der Waals surface area (Å²) < 4.78 is 16.0. The number of carbonyl (C=O) groups excluding carboxylic acids is 2. The summed E-state index contributed by atoms with van der Waals surface area (Å²) in [7, 11) is 0. The van der Waals surface area contributed by atoms with Crippen LogP contribution in [0.2, 0.25) is 0 Å². The van der Waals surface area contributed by atoms with Crippen molar-refractivity contribution >= 4 is 18.0 Å². The summed E-state index contributed by atoms with van der Waals surface area (Å²) in [6.07, 6.45) is 2.39. The van der Waals surface area contributed by atoms with Crippen molar-refractivity contribution in [3.8, 4) is 17.2 Å². The fourth-order valence-electron chi connectivity index (χ4n) is 2.40. The van der Waals surface area contributed by atoms with Gasteiger partial charge < -0.3 is 19.5 Å². The van der Waals surface area contributed by atoms with Crippen molar-refractivity contribution in [1.82, 2.24) is 10.7 Å². The van der Waals surface area contributed by atoms with Gasteiger partial charge in [-0.15, -0.1) is 0 Å². The van der Waals surface area contributed by atoms with Crippen LogP contribution in [-0.2, 0) is 4.79 Å². The van der Waals surface area contributed by atoms with Gasteiger partial charge >= 0.3 is 0 Å². The average molecular weight is 383 g/mol. The molecule has 0 saturated heterocycles. The zero-order chi connectivity index (χ0) is 19.8. The van der Waals surface area contributed by atoms with Crippen molar-refractivity contribution in [3.05, 3.63) is 53.6 Å². The summed E-state index contributed by atoms with van der Waals surface area (Å²) >= 11 is 0. The van der Waals surface area contributed by atoms with Crippen LogP contribution in [0.4, 0.5) is 0 Å². The minimum Gasteiger partial charge on any atom is -0.494 e. The maximum Gasteiger partial charge on any atom is 0.259 e. The zero-order valence-corrected chi connectivity index (χ0v) is 15.4. The molecule has 28 heavy (non-hydrogen) atoms. The number of carbonyl (C=O) groups is 2. The molecule has 2 aromatic carbocycles. The van der Waals surface area contributed by atoms with Crippen molar-refractivity contribution in [3.63, 3.8) is 0 Å². The van der Waals surface area contributed by atoms with E-state index < -0.39 is 5.91 Å². The van der Waals surface area contributed by atoms with E-state index >= 15 is 0 Å². The second kappa shape index (κ2) is 9.40. The minimum atomic E-state index is -0.437. The van der Waals surface area contributed by atoms with E-state index in [1.807, 2.05) is 6.92 Å². The summed E-state index contributed by atoms with van der Waals surface area (Å²) in [6, 6.07) is 12.1. The molecule has 3 rings (SSSR count). The number of rotatable bonds is 8. The molecule has 1 aliphatic heterocycles. The largest absolute Gasteiger partial charge is 0.494 e. The molecule has 2 aromatic rings. The second-order valence-electron chi connectivity index (χ2n) is 5.96. The Morgan fingerprint density at radius 2 is 1.93 bits per heavy atom. The van der Waals surface area contributed by atoms with E-state index in [0.29, 0.717) is 29.4 Å². The third-order valence-electron chi connectivity index (χ3n) is 3.80. The minimum absolute atomic E-state index is 0.189. The molecule has 0 aromatic heterocycles. The molecule has 0 atom stereocenters. The molecular formula is C20H21N3O5. The lowest BCUT2D eigenvalue weighted by molar-refractivity contribution is -0.120. The van der Waals surface area contributed by atoms with Gasteiger partial charge in [0, 0.05) is 5.56 Å². The molecule has 8 heteroatoms. The number of fused-ring (bicyclic) bond motifs is 1. The van der Waals surface area contributed by atoms with Gasteiger partial charge in [-0.3, -0.25) is 9.59 Å². The van der Waals surface area contributed by atoms with E-state index in [1.165, 1.54) is 6.21 Å². The highest BCUT2D eigenvalue weighted by atomic mass is 16.7. The number of nitrogens with one attached hydrogen (secondary N) is 2. The Morgan fingerprint density at radius 1 is 1.14 bits per heavy atom. The molecule has 0 aliphatic carbocycles. The summed E-state index contributed by atoms with van der Waals surface area (Å²) in [4.78, 5) is 23.9. The van der Waals surface area contributed by atoms with E-state index in [0.717, 1.165) is 12.0 Å². The highest BCUT2D eigenvalue weighted by molar-refractivity contribution is 5.96. The number of hydrazone groups is 1. The standard InChI is InChI=1S/C20H21N3O5/c1-2-9-26-16-6-4-15(5-7-16)20(25)21-12-19(24)23-22-11-14-3-8-17-18(10-14)28-13-27-17/h3-8,10-11H,2,9,12-13H2,1H3,(H,21,25)(H,23,24). The molecule has 0 radical (unpaired) electrons. The summed E-state index contributed by atoms with van der Waals surface area (Å²) in [6.45, 7) is 2.65. The van der Waals surface area contributed by atoms with Crippen LogP contribution in [0.3, 0.4) is 0 Å². The first kappa shape index (κ1) is 19.2. The monoisotopic (exact) mass is 383 g/mol. The Hall–Kier alpha value is -3.55. The lowest BCUT2D eigenvalue weighted by atomic mass is 10.2. The smallest absolute Gasteiger partial charge is 0.259 e. The van der Waals surface area contributed by atoms with E-state index in [9.17, 15) is 9.59 Å². The van der Waals surface area contributed by atoms with Crippen LogP contribution in [-0.4, -0.2) is 38.0 Å². The molecule has 146 valence electrons. The quantitative estimate of drug-likeness (QED) is 0.537. The van der Waals surface area contributed by atoms with Gasteiger partial charge in [0.05, 0.1) is 19.4 Å². The first-order valence-corrected chi connectivity index (χ1v) is 8.88. The molecule has 0 unspecified atom stereocenters. The Morgan fingerprint density at radius 3 is 2.71 bits per heavy atom. The molecule has 0 saturated carbocycles. The van der Waals surface area contributed by atoms with Crippen LogP contribution < -0.4 is 25.0 Å². The topological polar surface area (TPSA) is 98.2 Å². The van der Waals surface area contributed by atoms with Gasteiger partial charge in [0.2, 0.25) is 6.79 Å². The van der Waals surface area contributed by atoms with Crippen LogP contribution in [0.15, 0.2) is 47.6 Å². The molecule has 0 spiro atoms. The SMILES string of the molecule is CCCOc1ccc(C(=O)NCC(=O)NN=Cc2ccc3c(c2)OCO3)cc1. The summed E-state index contributed by atoms with van der Waals surface area (Å²) in [5.41, 5.74) is 3.56. The van der Waals surface area contributed by atoms with Gasteiger partial charge in [-0.1, -0.05) is 6.92 Å². The fraction of sp³-hybridized carbons (Fsp3) is 0.250. The van der Waals surface area contributed by atoms with Gasteiger partial charge in [0.1, 0.15) is 5.75 Å². The number of nitrogens with zero attached hydrogens (tertiary/aromatic N) is 1. The first-order valence-electron chi connectivity index (χ1n) is 8.88. The highest BCUT2D eigenvalue weighted by Crippen LogP contribution is 2.31. The molecule has 1 aliphatic rings. The first-order chi connectivity index (χ1) is 13.7. The third kappa shape index (κ3) is 5.23. The van der Waals surface area contributed by atoms with Crippen molar-refractivity contribution < 1.29 is 23.8 Å². The Balaban J connectivity index is 1.43. The predicted molar refractivity (Wildman–Crippen MR) is 103 cm³/mol. The van der Waals surface area contributed by atoms with Crippen molar-refractivity contribution in [2.75, 3.05) is 19.9 Å². The fourth-order valence-corrected chi connectivity index (χ4v) is 2.40. The molecule has 2 amide bonds. The van der Waals surface area contributed by atoms with Crippen LogP contribution in [0, 0.1) is 0 Å². The summed E-state index contributed by atoms with van der Waals surface area (Å²) in [5, 5.41) is 6.41. The lowest BCUT2D eigenvalue weighted by Gasteiger charge is -2.07. The highest BCUT2D eigenvalue weighted by Gasteiger charge is 2.12. The maximum absolute atomic E-state index is 12.1. The Kier molecular flexibility index (Phi) is 6.46. The molecule has 2 N–H and O–H groups in total. The zero-order valence-electron chi connectivity index (χ0n) is 15.4. The van der Waals surface area contributed by atoms with Gasteiger partial charge in [0.25, 0.3) is 11.8 Å². The van der Waals surface area contributed by atoms with E-state index in [1.54, 1.807) is 42.5 Å². The van der Waals surface area contributed by atoms with E-state index in [-0.39, 0.29) is 19.2 Å². The van der Waals surface area contributed by atoms with Crippen LogP contribution >= 0.6 is 0 Å². The summed E-state index contributed by atoms with van der Waals surface area (Å²) in [5.74, 6) is 1.22. The van der Waals surface area contributed by atoms with E-state index in [4.69, 9.17) is 14.2 Å². The van der Waals surface area contributed by atoms with Gasteiger partial charge in [0.15, 0.2) is 11.5 Å². The number of hydrogen-bond acceptors (Lipinski definition) is 6. The number of hydrogen-bond donors (Lipinski definition) is 2. The molecule has 0 fully saturated rings. The van der Waals surface area contributed by atoms with Gasteiger partial charge in [-0.25, -0.2) is 5.43 Å². The van der Waals surface area contributed by atoms with Crippen molar-refractivity contribution in [2.24, 2.45) is 5.10 Å². The Labute approximate surface area is 162 Å². The Bertz CT molecular complexity index is 865. The normalized spacial score (nSPS) is 12.0. The van der Waals surface area contributed by atoms with Gasteiger partial charge in [-0.2, -0.15) is 5.10 Å². The number of amides is 2. The number of ether oxygens (including phenoxy) is 3. The number of benzene rings is 2. The molecule has 1 heterocycles. The predicted octanol–water partition coefficient (Wildman–Crippen LogP) is 2.08. The van der Waals surface area contributed by atoms with Crippen LogP contribution in [0.1, 0.15) is 29.3 Å². The molecular weight excluding hydrogens is 362 g/mol. The average Bonchev–Trinajstić information content (AvgIpc) is 3.19. The van der Waals surface area contributed by atoms with E-state index in [2.05, 4.69) is 15.8 Å². The molecule has 8 nitrogen and oxygen atoms in total.